The van der Waals surface area contributed by atoms with E-state index in [0.717, 1.165) is 0 Å². The molecule has 0 aliphatic heterocycles. The molecule has 4 nitrogen and oxygen atoms in total. The van der Waals surface area contributed by atoms with Crippen molar-refractivity contribution in [1.29, 1.82) is 0 Å². The van der Waals surface area contributed by atoms with Crippen LogP contribution in [0.5, 0.6) is 0 Å². The van der Waals surface area contributed by atoms with Crippen molar-refractivity contribution in [3.63, 3.8) is 0 Å². The maximum absolute atomic E-state index is 13.8. The first-order chi connectivity index (χ1) is 27.4. The van der Waals surface area contributed by atoms with E-state index in [1.165, 1.54) is 0 Å². The van der Waals surface area contributed by atoms with E-state index in [0.29, 0.717) is 64.2 Å². The lowest BCUT2D eigenvalue weighted by molar-refractivity contribution is -0.440. The summed E-state index contributed by atoms with van der Waals surface area (Å²) >= 11 is 0. The van der Waals surface area contributed by atoms with Gasteiger partial charge in [0.2, 0.25) is 11.8 Å². The molecule has 2 N–H and O–H groups in total. The van der Waals surface area contributed by atoms with Crippen LogP contribution in [0, 0.1) is 6.92 Å². The predicted molar refractivity (Wildman–Crippen MR) is 174 cm³/mol. The van der Waals surface area contributed by atoms with E-state index < -0.39 is 103 Å². The minimum absolute atomic E-state index is 0.0291. The molecule has 0 bridgehead atoms. The molecule has 0 saturated carbocycles. The zero-order valence-corrected chi connectivity index (χ0v) is 32.3. The van der Waals surface area contributed by atoms with Crippen LogP contribution in [0.2, 0.25) is 0 Å². The molecule has 2 amide bonds. The highest BCUT2D eigenvalue weighted by molar-refractivity contribution is 5.88. The Hall–Kier alpha value is -2.60. The lowest BCUT2D eigenvalue weighted by atomic mass is 9.91. The highest BCUT2D eigenvalue weighted by Crippen LogP contribution is 2.61. The summed E-state index contributed by atoms with van der Waals surface area (Å²) in [5.74, 6) is -57.1. The van der Waals surface area contributed by atoms with Crippen LogP contribution in [-0.2, 0) is 9.59 Å². The van der Waals surface area contributed by atoms with E-state index in [2.05, 4.69) is 17.6 Å². The van der Waals surface area contributed by atoms with Crippen LogP contribution in [0.4, 0.5) is 96.6 Å². The summed E-state index contributed by atoms with van der Waals surface area (Å²) in [7, 11) is 0. The number of hydrogen-bond acceptors (Lipinski definition) is 2. The Morgan fingerprint density at radius 1 is 0.377 bits per heavy atom. The van der Waals surface area contributed by atoms with Gasteiger partial charge in [-0.2, -0.15) is 96.6 Å². The van der Waals surface area contributed by atoms with Gasteiger partial charge in [-0.1, -0.05) is 83.5 Å². The van der Waals surface area contributed by atoms with Crippen LogP contribution in [0.1, 0.15) is 128 Å². The van der Waals surface area contributed by atoms with E-state index in [1.807, 2.05) is 0 Å². The van der Waals surface area contributed by atoms with Crippen LogP contribution in [0.3, 0.4) is 0 Å². The fourth-order valence-electron chi connectivity index (χ4n) is 5.59. The molecule has 61 heavy (non-hydrogen) atoms. The predicted octanol–water partition coefficient (Wildman–Crippen LogP) is 13.4. The highest BCUT2D eigenvalue weighted by atomic mass is 19.4. The summed E-state index contributed by atoms with van der Waals surface area (Å²) in [5, 5.41) is 4.92. The lowest BCUT2D eigenvalue weighted by Crippen LogP contribution is -2.70. The molecule has 0 aliphatic rings. The third kappa shape index (κ3) is 15.3. The van der Waals surface area contributed by atoms with Gasteiger partial charge in [-0.15, -0.1) is 0 Å². The second-order valence-electron chi connectivity index (χ2n) is 14.5. The van der Waals surface area contributed by atoms with E-state index in [-0.39, 0.29) is 45.1 Å². The lowest BCUT2D eigenvalue weighted by Gasteiger charge is -2.39. The molecule has 0 aromatic heterocycles. The summed E-state index contributed by atoms with van der Waals surface area (Å²) in [4.78, 5) is 24.2. The van der Waals surface area contributed by atoms with Gasteiger partial charge in [-0.05, 0) is 32.6 Å². The second kappa shape index (κ2) is 22.8. The van der Waals surface area contributed by atoms with Crippen molar-refractivity contribution in [2.24, 2.45) is 0 Å². The average Bonchev–Trinajstić information content (AvgIpc) is 3.11. The normalized spacial score (nSPS) is 14.9. The molecule has 0 heterocycles. The molecule has 0 rings (SSSR count). The molecular weight excluding hydrogens is 898 g/mol. The van der Waals surface area contributed by atoms with Crippen molar-refractivity contribution in [2.75, 3.05) is 6.54 Å². The number of carbonyl (C=O) groups is 2. The van der Waals surface area contributed by atoms with Gasteiger partial charge in [0.25, 0.3) is 0 Å². The number of amides is 2. The number of nitrogens with one attached hydrogen (secondary N) is 2. The third-order valence-electron chi connectivity index (χ3n) is 9.47. The maximum Gasteiger partial charge on any atom is 0.460 e. The molecule has 1 unspecified atom stereocenters. The first-order valence-corrected chi connectivity index (χ1v) is 19.0. The van der Waals surface area contributed by atoms with Crippen LogP contribution >= 0.6 is 0 Å². The van der Waals surface area contributed by atoms with Gasteiger partial charge in [-0.25, -0.2) is 0 Å². The minimum Gasteiger partial charge on any atom is -0.354 e. The minimum atomic E-state index is -7.93. The summed E-state index contributed by atoms with van der Waals surface area (Å²) < 4.78 is 287. The molecule has 0 aliphatic carbocycles. The molecule has 1 atom stereocenters. The van der Waals surface area contributed by atoms with Gasteiger partial charge in [0, 0.05) is 25.8 Å². The van der Waals surface area contributed by atoms with E-state index in [1.54, 1.807) is 0 Å². The summed E-state index contributed by atoms with van der Waals surface area (Å²) in [6, 6.07) is -1.16. The van der Waals surface area contributed by atoms with Crippen molar-refractivity contribution < 1.29 is 106 Å². The zero-order valence-electron chi connectivity index (χ0n) is 32.3. The first-order valence-electron chi connectivity index (χ1n) is 19.0. The summed E-state index contributed by atoms with van der Waals surface area (Å²) in [5.41, 5.74) is 0. The molecule has 0 fully saturated rings. The quantitative estimate of drug-likeness (QED) is 0.0537. The maximum atomic E-state index is 13.8. The van der Waals surface area contributed by atoms with Gasteiger partial charge in [0.05, 0.1) is 0 Å². The number of halogens is 22. The molecule has 0 saturated heterocycles. The Balaban J connectivity index is 4.15. The molecule has 0 aromatic carbocycles. The van der Waals surface area contributed by atoms with Crippen molar-refractivity contribution in [3.8, 4) is 0 Å². The number of alkyl halides is 22. The van der Waals surface area contributed by atoms with Crippen LogP contribution < -0.4 is 10.6 Å². The van der Waals surface area contributed by atoms with Crippen LogP contribution in [0.15, 0.2) is 0 Å². The second-order valence-corrected chi connectivity index (χ2v) is 14.5. The Labute approximate surface area is 336 Å². The molecular formula is C35H47F22N2O2. The largest absolute Gasteiger partial charge is 0.460 e. The smallest absolute Gasteiger partial charge is 0.354 e. The fraction of sp³-hybridized carbons (Fsp3) is 0.914. The number of hydrogen-bond donors (Lipinski definition) is 2. The Kier molecular flexibility index (Phi) is 21.9. The van der Waals surface area contributed by atoms with Gasteiger partial charge >= 0.3 is 59.7 Å². The average molecular weight is 946 g/mol. The van der Waals surface area contributed by atoms with E-state index >= 15 is 0 Å². The van der Waals surface area contributed by atoms with Crippen molar-refractivity contribution in [1.82, 2.24) is 10.6 Å². The molecule has 0 aromatic rings. The Morgan fingerprint density at radius 2 is 0.656 bits per heavy atom. The number of rotatable bonds is 31. The first kappa shape index (κ1) is 58.4. The van der Waals surface area contributed by atoms with Crippen molar-refractivity contribution in [3.05, 3.63) is 6.92 Å². The number of carbonyl (C=O) groups excluding carboxylic acids is 2. The van der Waals surface area contributed by atoms with Crippen molar-refractivity contribution >= 4 is 11.8 Å². The molecule has 0 spiro atoms. The van der Waals surface area contributed by atoms with E-state index in [4.69, 9.17) is 0 Å². The summed E-state index contributed by atoms with van der Waals surface area (Å²) in [6.07, 6.45) is -15.0. The number of unbranched alkanes of at least 4 members (excludes halogenated alkanes) is 15. The molecule has 26 heteroatoms. The van der Waals surface area contributed by atoms with Gasteiger partial charge in [0.15, 0.2) is 0 Å². The SMILES string of the molecule is [CH2]C(NC(=O)CCCCCCCCCCC(F)(F)C(F)(F)C(F)(F)C(F)(F)C(F)(F)C(F)(F)F)C(=O)NCCCCCCCCCCCC(F)(F)C(F)(F)C(F)(F)C(F)(F)F. The standard InChI is InChI=1S/C35H47F22N2O2/c1-23(25(61)58-22-18-14-10-6-2-4-8-13-17-21-27(38,39)29(42,43)32(48,49)34(52,53)54)59-24(60)19-15-11-7-3-5-9-12-16-20-26(36,37)28(40,41)30(44,45)31(46,47)33(50,51)35(55,56)57/h23H,1-22H2,(H,58,61)(H,59,60). The van der Waals surface area contributed by atoms with E-state index in [9.17, 15) is 106 Å². The zero-order chi connectivity index (χ0) is 48.0. The fourth-order valence-corrected chi connectivity index (χ4v) is 5.59. The Morgan fingerprint density at radius 3 is 1.02 bits per heavy atom. The highest BCUT2D eigenvalue weighted by Gasteiger charge is 2.90. The van der Waals surface area contributed by atoms with Gasteiger partial charge < -0.3 is 10.6 Å². The van der Waals surface area contributed by atoms with Gasteiger partial charge in [0.1, 0.15) is 6.04 Å². The van der Waals surface area contributed by atoms with Gasteiger partial charge in [-0.3, -0.25) is 9.59 Å². The van der Waals surface area contributed by atoms with Crippen molar-refractivity contribution in [2.45, 2.75) is 194 Å². The third-order valence-corrected chi connectivity index (χ3v) is 9.47. The molecule has 1 radical (unpaired) electrons. The Bertz CT molecular complexity index is 1320. The summed E-state index contributed by atoms with van der Waals surface area (Å²) in [6.45, 7) is 3.74. The van der Waals surface area contributed by atoms with Crippen LogP contribution in [-0.4, -0.2) is 84.1 Å². The van der Waals surface area contributed by atoms with Crippen LogP contribution in [0.25, 0.3) is 0 Å². The molecule has 363 valence electrons. The monoisotopic (exact) mass is 945 g/mol. The topological polar surface area (TPSA) is 58.2 Å².